The highest BCUT2D eigenvalue weighted by Gasteiger charge is 2.36. The molecule has 2 aliphatic heterocycles. The molecule has 0 unspecified atom stereocenters. The molecule has 3 heterocycles. The number of nitrogens with zero attached hydrogens (tertiary/aromatic N) is 3. The van der Waals surface area contributed by atoms with E-state index in [0.717, 1.165) is 0 Å². The molecule has 2 aliphatic rings. The number of aryl methyl sites for hydroxylation is 1. The Balaban J connectivity index is 1.27. The van der Waals surface area contributed by atoms with Gasteiger partial charge in [-0.25, -0.2) is 14.4 Å². The number of methoxy groups -OCH3 is 1. The molecular weight excluding hydrogens is 541 g/mol. The number of carbonyl (C=O) groups is 3. The van der Waals surface area contributed by atoms with Gasteiger partial charge in [-0.3, -0.25) is 14.4 Å². The number of nitrogens with one attached hydrogen (secondary N) is 2. The lowest BCUT2D eigenvalue weighted by Crippen LogP contribution is -2.45. The molecule has 0 radical (unpaired) electrons. The van der Waals surface area contributed by atoms with Gasteiger partial charge < -0.3 is 34.4 Å². The zero-order valence-electron chi connectivity index (χ0n) is 23.1. The molecule has 0 spiro atoms. The number of oxime groups is 1. The number of carbonyl (C=O) groups excluding carboxylic acids is 3. The highest BCUT2D eigenvalue weighted by molar-refractivity contribution is 6.02. The lowest BCUT2D eigenvalue weighted by molar-refractivity contribution is -0.243. The quantitative estimate of drug-likeness (QED) is 0.398. The fraction of sp³-hybridized carbons (Fsp3) is 0.481. The SMILES string of the molecule is COc1cc(CNC(=O)c2cc(C3=NO[C@H]([C@H]4OC[C@H](CNC(=O)[C@H](C)OC(C)=O)CO4)C3)nc(C)n2)ccc1F. The van der Waals surface area contributed by atoms with Gasteiger partial charge in [0.15, 0.2) is 30.1 Å². The smallest absolute Gasteiger partial charge is 0.303 e. The van der Waals surface area contributed by atoms with Crippen molar-refractivity contribution in [3.63, 3.8) is 0 Å². The van der Waals surface area contributed by atoms with E-state index in [2.05, 4.69) is 25.8 Å². The monoisotopic (exact) mass is 573 g/mol. The van der Waals surface area contributed by atoms with Crippen LogP contribution in [0.4, 0.5) is 4.39 Å². The number of hydrogen-bond acceptors (Lipinski definition) is 11. The van der Waals surface area contributed by atoms with Gasteiger partial charge in [-0.15, -0.1) is 0 Å². The van der Waals surface area contributed by atoms with Gasteiger partial charge in [0.2, 0.25) is 0 Å². The largest absolute Gasteiger partial charge is 0.494 e. The Hall–Kier alpha value is -4.17. The Labute approximate surface area is 235 Å². The first-order valence-electron chi connectivity index (χ1n) is 13.0. The molecule has 1 saturated heterocycles. The lowest BCUT2D eigenvalue weighted by atomic mass is 10.1. The fourth-order valence-electron chi connectivity index (χ4n) is 4.19. The first kappa shape index (κ1) is 29.8. The molecule has 14 heteroatoms. The summed E-state index contributed by atoms with van der Waals surface area (Å²) in [6.07, 6.45) is -1.75. The minimum Gasteiger partial charge on any atom is -0.494 e. The topological polar surface area (TPSA) is 160 Å². The van der Waals surface area contributed by atoms with E-state index in [9.17, 15) is 18.8 Å². The van der Waals surface area contributed by atoms with Crippen molar-refractivity contribution >= 4 is 23.5 Å². The zero-order chi connectivity index (χ0) is 29.5. The van der Waals surface area contributed by atoms with Crippen molar-refractivity contribution < 1.29 is 42.6 Å². The summed E-state index contributed by atoms with van der Waals surface area (Å²) in [5.41, 5.74) is 1.75. The molecule has 13 nitrogen and oxygen atoms in total. The summed E-state index contributed by atoms with van der Waals surface area (Å²) in [5.74, 6) is -1.48. The molecule has 1 fully saturated rings. The molecule has 0 bridgehead atoms. The standard InChI is InChI=1S/C27H32FN5O8/c1-14(40-16(3)34)25(35)29-11-18-12-38-27(39-13-18)24-9-21(33-41-24)20-8-22(32-15(2)31-20)26(36)30-10-17-5-6-19(28)23(7-17)37-4/h5-8,14,18,24,27H,9-13H2,1-4H3,(H,29,35)(H,30,36)/t14-,18-,24-,27-/m0/s1. The van der Waals surface area contributed by atoms with E-state index in [1.165, 1.54) is 39.2 Å². The van der Waals surface area contributed by atoms with Gasteiger partial charge in [-0.05, 0) is 37.6 Å². The van der Waals surface area contributed by atoms with Crippen molar-refractivity contribution in [1.82, 2.24) is 20.6 Å². The van der Waals surface area contributed by atoms with E-state index in [1.807, 2.05) is 0 Å². The van der Waals surface area contributed by atoms with Gasteiger partial charge in [0.05, 0.1) is 26.0 Å². The van der Waals surface area contributed by atoms with E-state index < -0.39 is 42.1 Å². The predicted molar refractivity (Wildman–Crippen MR) is 140 cm³/mol. The van der Waals surface area contributed by atoms with E-state index >= 15 is 0 Å². The average molecular weight is 574 g/mol. The van der Waals surface area contributed by atoms with Crippen LogP contribution in [0.15, 0.2) is 29.4 Å². The van der Waals surface area contributed by atoms with E-state index in [1.54, 1.807) is 13.0 Å². The van der Waals surface area contributed by atoms with Crippen molar-refractivity contribution in [2.75, 3.05) is 26.9 Å². The maximum Gasteiger partial charge on any atom is 0.303 e. The highest BCUT2D eigenvalue weighted by atomic mass is 19.1. The molecule has 2 amide bonds. The minimum atomic E-state index is -0.885. The Morgan fingerprint density at radius 2 is 1.90 bits per heavy atom. The van der Waals surface area contributed by atoms with Gasteiger partial charge in [0.1, 0.15) is 17.2 Å². The highest BCUT2D eigenvalue weighted by Crippen LogP contribution is 2.24. The van der Waals surface area contributed by atoms with Crippen LogP contribution in [0.5, 0.6) is 5.75 Å². The van der Waals surface area contributed by atoms with Crippen LogP contribution in [0.2, 0.25) is 0 Å². The molecule has 1 aromatic heterocycles. The van der Waals surface area contributed by atoms with Gasteiger partial charge in [0.25, 0.3) is 11.8 Å². The third-order valence-electron chi connectivity index (χ3n) is 6.30. The van der Waals surface area contributed by atoms with Crippen LogP contribution in [0.3, 0.4) is 0 Å². The summed E-state index contributed by atoms with van der Waals surface area (Å²) in [6.45, 7) is 5.48. The third kappa shape index (κ3) is 7.95. The number of benzene rings is 1. The summed E-state index contributed by atoms with van der Waals surface area (Å²) in [4.78, 5) is 50.0. The normalized spacial score (nSPS) is 20.8. The van der Waals surface area contributed by atoms with Crippen molar-refractivity contribution in [3.8, 4) is 5.75 Å². The van der Waals surface area contributed by atoms with Gasteiger partial charge in [-0.1, -0.05) is 11.2 Å². The lowest BCUT2D eigenvalue weighted by Gasteiger charge is -2.31. The van der Waals surface area contributed by atoms with Crippen molar-refractivity contribution in [2.45, 2.75) is 52.2 Å². The molecule has 1 aromatic carbocycles. The summed E-state index contributed by atoms with van der Waals surface area (Å²) >= 11 is 0. The number of ether oxygens (including phenoxy) is 4. The van der Waals surface area contributed by atoms with Crippen LogP contribution in [0, 0.1) is 18.7 Å². The summed E-state index contributed by atoms with van der Waals surface area (Å²) in [5, 5.41) is 9.61. The second-order valence-corrected chi connectivity index (χ2v) is 9.62. The van der Waals surface area contributed by atoms with Crippen LogP contribution >= 0.6 is 0 Å². The first-order valence-corrected chi connectivity index (χ1v) is 13.0. The molecule has 0 aliphatic carbocycles. The van der Waals surface area contributed by atoms with Crippen LogP contribution in [0.25, 0.3) is 0 Å². The fourth-order valence-corrected chi connectivity index (χ4v) is 4.19. The van der Waals surface area contributed by atoms with Crippen LogP contribution in [-0.4, -0.2) is 78.8 Å². The zero-order valence-corrected chi connectivity index (χ0v) is 23.1. The van der Waals surface area contributed by atoms with Crippen molar-refractivity contribution in [3.05, 3.63) is 52.9 Å². The van der Waals surface area contributed by atoms with Crippen molar-refractivity contribution in [2.24, 2.45) is 11.1 Å². The number of amides is 2. The number of rotatable bonds is 10. The predicted octanol–water partition coefficient (Wildman–Crippen LogP) is 1.41. The van der Waals surface area contributed by atoms with Gasteiger partial charge in [0, 0.05) is 32.4 Å². The Morgan fingerprint density at radius 1 is 1.15 bits per heavy atom. The molecular formula is C27H32FN5O8. The molecule has 2 atom stereocenters. The molecule has 41 heavy (non-hydrogen) atoms. The van der Waals surface area contributed by atoms with Crippen LogP contribution in [-0.2, 0) is 35.2 Å². The summed E-state index contributed by atoms with van der Waals surface area (Å²) < 4.78 is 35.1. The van der Waals surface area contributed by atoms with E-state index in [-0.39, 0.29) is 23.9 Å². The average Bonchev–Trinajstić information content (AvgIpc) is 3.45. The summed E-state index contributed by atoms with van der Waals surface area (Å²) in [7, 11) is 1.37. The first-order chi connectivity index (χ1) is 19.6. The van der Waals surface area contributed by atoms with Crippen LogP contribution < -0.4 is 15.4 Å². The molecule has 2 aromatic rings. The second kappa shape index (κ2) is 13.5. The number of aromatic nitrogens is 2. The maximum absolute atomic E-state index is 13.7. The Bertz CT molecular complexity index is 1310. The van der Waals surface area contributed by atoms with Gasteiger partial charge in [-0.2, -0.15) is 0 Å². The number of esters is 1. The van der Waals surface area contributed by atoms with Crippen LogP contribution in [0.1, 0.15) is 47.8 Å². The van der Waals surface area contributed by atoms with Gasteiger partial charge >= 0.3 is 5.97 Å². The second-order valence-electron chi connectivity index (χ2n) is 9.62. The van der Waals surface area contributed by atoms with Crippen molar-refractivity contribution in [1.29, 1.82) is 0 Å². The third-order valence-corrected chi connectivity index (χ3v) is 6.30. The number of halogens is 1. The Kier molecular flexibility index (Phi) is 9.78. The Morgan fingerprint density at radius 3 is 2.61 bits per heavy atom. The maximum atomic E-state index is 13.7. The van der Waals surface area contributed by atoms with E-state index in [0.29, 0.717) is 49.0 Å². The molecule has 220 valence electrons. The molecule has 4 rings (SSSR count). The summed E-state index contributed by atoms with van der Waals surface area (Å²) in [6, 6.07) is 5.86. The van der Waals surface area contributed by atoms with E-state index in [4.69, 9.17) is 23.8 Å². The molecule has 0 saturated carbocycles. The number of hydrogen-bond donors (Lipinski definition) is 2. The molecule has 2 N–H and O–H groups in total. The minimum absolute atomic E-state index is 0.0878.